The highest BCUT2D eigenvalue weighted by Crippen LogP contribution is 2.27. The molecule has 3 rings (SSSR count). The van der Waals surface area contributed by atoms with Crippen molar-refractivity contribution < 1.29 is 10.1 Å². The number of hydrogen-bond acceptors (Lipinski definition) is 1. The largest absolute Gasteiger partial charge is 0.333 e. The number of quaternary nitrogens is 1. The van der Waals surface area contributed by atoms with Crippen LogP contribution in [0.15, 0.2) is 48.5 Å². The molecule has 0 aromatic heterocycles. The highest BCUT2D eigenvalue weighted by atomic mass is 16.2. The molecule has 0 bridgehead atoms. The molecule has 0 unspecified atom stereocenters. The van der Waals surface area contributed by atoms with Crippen LogP contribution in [0.2, 0.25) is 0 Å². The molecule has 1 aliphatic rings. The summed E-state index contributed by atoms with van der Waals surface area (Å²) in [5.74, 6) is 0.751. The van der Waals surface area contributed by atoms with Gasteiger partial charge < -0.3 is 10.2 Å². The van der Waals surface area contributed by atoms with E-state index >= 15 is 0 Å². The minimum absolute atomic E-state index is 0.200. The standard InChI is InChI=1S/C21H26N2O/c1-15(2)17-8-10-18(11-9-17)16(3)22-14-21(24)23-13-12-19-6-4-5-7-20(19)23/h4-11,15-16,22H,12-14H2,1-3H3/p+1/t16-/m1/s1. The van der Waals surface area contributed by atoms with E-state index < -0.39 is 0 Å². The number of para-hydroxylation sites is 1. The van der Waals surface area contributed by atoms with Gasteiger partial charge in [-0.3, -0.25) is 4.79 Å². The zero-order valence-electron chi connectivity index (χ0n) is 14.8. The number of rotatable bonds is 5. The molecular weight excluding hydrogens is 296 g/mol. The lowest BCUT2D eigenvalue weighted by Crippen LogP contribution is -2.87. The summed E-state index contributed by atoms with van der Waals surface area (Å²) >= 11 is 0. The van der Waals surface area contributed by atoms with Gasteiger partial charge in [0.1, 0.15) is 6.04 Å². The topological polar surface area (TPSA) is 36.9 Å². The van der Waals surface area contributed by atoms with Crippen LogP contribution in [0.3, 0.4) is 0 Å². The maximum Gasteiger partial charge on any atom is 0.282 e. The zero-order chi connectivity index (χ0) is 17.1. The summed E-state index contributed by atoms with van der Waals surface area (Å²) < 4.78 is 0. The minimum Gasteiger partial charge on any atom is -0.333 e. The summed E-state index contributed by atoms with van der Waals surface area (Å²) in [6.07, 6.45) is 0.966. The van der Waals surface area contributed by atoms with Crippen molar-refractivity contribution in [1.29, 1.82) is 0 Å². The monoisotopic (exact) mass is 323 g/mol. The van der Waals surface area contributed by atoms with Crippen LogP contribution in [-0.4, -0.2) is 19.0 Å². The molecule has 24 heavy (non-hydrogen) atoms. The smallest absolute Gasteiger partial charge is 0.282 e. The van der Waals surface area contributed by atoms with E-state index in [-0.39, 0.29) is 11.9 Å². The van der Waals surface area contributed by atoms with E-state index in [2.05, 4.69) is 56.4 Å². The van der Waals surface area contributed by atoms with Crippen LogP contribution in [-0.2, 0) is 11.2 Å². The van der Waals surface area contributed by atoms with Gasteiger partial charge in [-0.05, 0) is 36.5 Å². The lowest BCUT2D eigenvalue weighted by molar-refractivity contribution is -0.682. The maximum atomic E-state index is 12.6. The van der Waals surface area contributed by atoms with Gasteiger partial charge in [0.15, 0.2) is 6.54 Å². The van der Waals surface area contributed by atoms with Crippen LogP contribution in [0, 0.1) is 0 Å². The summed E-state index contributed by atoms with van der Waals surface area (Å²) in [4.78, 5) is 14.5. The Morgan fingerprint density at radius 2 is 1.71 bits per heavy atom. The average Bonchev–Trinajstić information content (AvgIpc) is 3.03. The molecule has 2 aromatic carbocycles. The third-order valence-corrected chi connectivity index (χ3v) is 4.96. The Morgan fingerprint density at radius 3 is 2.42 bits per heavy atom. The minimum atomic E-state index is 0.200. The number of benzene rings is 2. The van der Waals surface area contributed by atoms with Gasteiger partial charge in [0.2, 0.25) is 0 Å². The van der Waals surface area contributed by atoms with Gasteiger partial charge in [-0.15, -0.1) is 0 Å². The van der Waals surface area contributed by atoms with Gasteiger partial charge in [0.05, 0.1) is 0 Å². The molecule has 1 amide bonds. The van der Waals surface area contributed by atoms with E-state index in [1.807, 2.05) is 23.1 Å². The van der Waals surface area contributed by atoms with Crippen LogP contribution < -0.4 is 10.2 Å². The molecule has 0 radical (unpaired) electrons. The van der Waals surface area contributed by atoms with Crippen molar-refractivity contribution in [2.75, 3.05) is 18.0 Å². The predicted octanol–water partition coefficient (Wildman–Crippen LogP) is 3.02. The third kappa shape index (κ3) is 3.51. The van der Waals surface area contributed by atoms with Gasteiger partial charge in [-0.1, -0.05) is 56.3 Å². The lowest BCUT2D eigenvalue weighted by Gasteiger charge is -2.18. The first-order chi connectivity index (χ1) is 11.6. The van der Waals surface area contributed by atoms with Gasteiger partial charge in [-0.2, -0.15) is 0 Å². The Morgan fingerprint density at radius 1 is 1.04 bits per heavy atom. The molecular formula is C21H27N2O+. The first-order valence-corrected chi connectivity index (χ1v) is 8.87. The van der Waals surface area contributed by atoms with Gasteiger partial charge in [0.25, 0.3) is 5.91 Å². The lowest BCUT2D eigenvalue weighted by atomic mass is 9.99. The quantitative estimate of drug-likeness (QED) is 0.902. The van der Waals surface area contributed by atoms with Gasteiger partial charge >= 0.3 is 0 Å². The molecule has 2 N–H and O–H groups in total. The second kappa shape index (κ2) is 7.18. The number of nitrogens with two attached hydrogens (primary N) is 1. The number of anilines is 1. The molecule has 3 heteroatoms. The summed E-state index contributed by atoms with van der Waals surface area (Å²) in [6.45, 7) is 7.87. The first kappa shape index (κ1) is 16.7. The van der Waals surface area contributed by atoms with E-state index in [9.17, 15) is 4.79 Å². The number of fused-ring (bicyclic) bond motifs is 1. The molecule has 0 saturated heterocycles. The number of amides is 1. The fourth-order valence-corrected chi connectivity index (χ4v) is 3.31. The molecule has 1 atom stereocenters. The van der Waals surface area contributed by atoms with Crippen LogP contribution in [0.5, 0.6) is 0 Å². The van der Waals surface area contributed by atoms with Crippen LogP contribution in [0.4, 0.5) is 5.69 Å². The Bertz CT molecular complexity index is 706. The fraction of sp³-hybridized carbons (Fsp3) is 0.381. The molecule has 0 aliphatic carbocycles. The van der Waals surface area contributed by atoms with Crippen molar-refractivity contribution in [3.05, 3.63) is 65.2 Å². The van der Waals surface area contributed by atoms with E-state index in [4.69, 9.17) is 0 Å². The van der Waals surface area contributed by atoms with Crippen molar-refractivity contribution in [3.8, 4) is 0 Å². The molecule has 126 valence electrons. The molecule has 0 spiro atoms. The Labute approximate surface area is 144 Å². The van der Waals surface area contributed by atoms with E-state index in [0.29, 0.717) is 12.5 Å². The van der Waals surface area contributed by atoms with E-state index in [1.165, 1.54) is 16.7 Å². The van der Waals surface area contributed by atoms with Crippen molar-refractivity contribution in [3.63, 3.8) is 0 Å². The van der Waals surface area contributed by atoms with Crippen molar-refractivity contribution in [1.82, 2.24) is 0 Å². The third-order valence-electron chi connectivity index (χ3n) is 4.96. The number of carbonyl (C=O) groups excluding carboxylic acids is 1. The number of nitrogens with zero attached hydrogens (tertiary/aromatic N) is 1. The Kier molecular flexibility index (Phi) is 5.00. The first-order valence-electron chi connectivity index (χ1n) is 8.87. The molecule has 1 heterocycles. The second-order valence-electron chi connectivity index (χ2n) is 6.97. The normalized spacial score (nSPS) is 14.8. The summed E-state index contributed by atoms with van der Waals surface area (Å²) in [7, 11) is 0. The van der Waals surface area contributed by atoms with Crippen molar-refractivity contribution in [2.24, 2.45) is 0 Å². The molecule has 0 saturated carbocycles. The summed E-state index contributed by atoms with van der Waals surface area (Å²) in [6, 6.07) is 17.3. The van der Waals surface area contributed by atoms with E-state index in [1.54, 1.807) is 0 Å². The molecule has 0 fully saturated rings. The van der Waals surface area contributed by atoms with Crippen LogP contribution >= 0.6 is 0 Å². The Hall–Kier alpha value is -2.13. The highest BCUT2D eigenvalue weighted by Gasteiger charge is 2.25. The molecule has 3 nitrogen and oxygen atoms in total. The number of carbonyl (C=O) groups is 1. The van der Waals surface area contributed by atoms with Crippen molar-refractivity contribution in [2.45, 2.75) is 39.2 Å². The predicted molar refractivity (Wildman–Crippen MR) is 98.2 cm³/mol. The fourth-order valence-electron chi connectivity index (χ4n) is 3.31. The molecule has 2 aromatic rings. The maximum absolute atomic E-state index is 12.6. The van der Waals surface area contributed by atoms with Gasteiger partial charge in [0, 0.05) is 17.8 Å². The SMILES string of the molecule is CC(C)c1ccc([C@@H](C)[NH2+]CC(=O)N2CCc3ccccc32)cc1. The molecule has 1 aliphatic heterocycles. The van der Waals surface area contributed by atoms with Crippen LogP contribution in [0.1, 0.15) is 49.4 Å². The Balaban J connectivity index is 1.58. The summed E-state index contributed by atoms with van der Waals surface area (Å²) in [5.41, 5.74) is 5.00. The van der Waals surface area contributed by atoms with Gasteiger partial charge in [-0.25, -0.2) is 0 Å². The van der Waals surface area contributed by atoms with Crippen LogP contribution in [0.25, 0.3) is 0 Å². The van der Waals surface area contributed by atoms with E-state index in [0.717, 1.165) is 18.7 Å². The average molecular weight is 323 g/mol. The van der Waals surface area contributed by atoms with Crippen molar-refractivity contribution >= 4 is 11.6 Å². The highest BCUT2D eigenvalue weighted by molar-refractivity contribution is 5.96. The second-order valence-corrected chi connectivity index (χ2v) is 6.97. The summed E-state index contributed by atoms with van der Waals surface area (Å²) in [5, 5.41) is 2.13. The zero-order valence-corrected chi connectivity index (χ0v) is 14.8. The number of hydrogen-bond donors (Lipinski definition) is 1.